The zero-order chi connectivity index (χ0) is 12.0. The highest BCUT2D eigenvalue weighted by Crippen LogP contribution is 2.16. The van der Waals surface area contributed by atoms with Gasteiger partial charge in [-0.05, 0) is 24.0 Å². The standard InChI is InChI=1S/C13H20N2O/c1-2-3-10-4-6-11(7-5-10)12(14)8-9-13(15)16/h4-7,12H,2-3,8-9,14H2,1H3,(H2,15,16). The van der Waals surface area contributed by atoms with Gasteiger partial charge < -0.3 is 11.5 Å². The highest BCUT2D eigenvalue weighted by Gasteiger charge is 2.07. The van der Waals surface area contributed by atoms with Crippen LogP contribution in [0.3, 0.4) is 0 Å². The molecule has 1 amide bonds. The summed E-state index contributed by atoms with van der Waals surface area (Å²) in [5, 5.41) is 0. The molecule has 88 valence electrons. The summed E-state index contributed by atoms with van der Waals surface area (Å²) in [4.78, 5) is 10.6. The minimum Gasteiger partial charge on any atom is -0.370 e. The SMILES string of the molecule is CCCc1ccc(C(N)CCC(N)=O)cc1. The smallest absolute Gasteiger partial charge is 0.217 e. The first-order chi connectivity index (χ1) is 7.63. The van der Waals surface area contributed by atoms with E-state index in [0.29, 0.717) is 12.8 Å². The first kappa shape index (κ1) is 12.7. The van der Waals surface area contributed by atoms with Gasteiger partial charge in [0.1, 0.15) is 0 Å². The van der Waals surface area contributed by atoms with Crippen LogP contribution in [0.15, 0.2) is 24.3 Å². The molecule has 0 saturated carbocycles. The number of primary amides is 1. The van der Waals surface area contributed by atoms with Gasteiger partial charge in [0.15, 0.2) is 0 Å². The van der Waals surface area contributed by atoms with Crippen LogP contribution in [0.1, 0.15) is 43.4 Å². The van der Waals surface area contributed by atoms with Crippen LogP contribution in [0.25, 0.3) is 0 Å². The van der Waals surface area contributed by atoms with Gasteiger partial charge >= 0.3 is 0 Å². The summed E-state index contributed by atoms with van der Waals surface area (Å²) in [5.74, 6) is -0.293. The maximum Gasteiger partial charge on any atom is 0.217 e. The number of carbonyl (C=O) groups is 1. The van der Waals surface area contributed by atoms with Crippen LogP contribution in [0.5, 0.6) is 0 Å². The van der Waals surface area contributed by atoms with Gasteiger partial charge in [-0.2, -0.15) is 0 Å². The van der Waals surface area contributed by atoms with E-state index in [1.54, 1.807) is 0 Å². The monoisotopic (exact) mass is 220 g/mol. The van der Waals surface area contributed by atoms with Crippen molar-refractivity contribution in [2.75, 3.05) is 0 Å². The molecule has 0 aliphatic heterocycles. The fraction of sp³-hybridized carbons (Fsp3) is 0.462. The Morgan fingerprint density at radius 1 is 1.31 bits per heavy atom. The maximum atomic E-state index is 10.6. The number of rotatable bonds is 6. The van der Waals surface area contributed by atoms with Crippen molar-refractivity contribution in [1.29, 1.82) is 0 Å². The second-order valence-corrected chi connectivity index (χ2v) is 4.10. The number of hydrogen-bond donors (Lipinski definition) is 2. The number of carbonyl (C=O) groups excluding carboxylic acids is 1. The fourth-order valence-corrected chi connectivity index (χ4v) is 1.68. The fourth-order valence-electron chi connectivity index (χ4n) is 1.68. The molecule has 3 nitrogen and oxygen atoms in total. The van der Waals surface area contributed by atoms with Crippen molar-refractivity contribution in [3.05, 3.63) is 35.4 Å². The number of benzene rings is 1. The van der Waals surface area contributed by atoms with Crippen molar-refractivity contribution in [3.8, 4) is 0 Å². The normalized spacial score (nSPS) is 12.4. The minimum atomic E-state index is -0.293. The van der Waals surface area contributed by atoms with Crippen LogP contribution >= 0.6 is 0 Å². The van der Waals surface area contributed by atoms with Gasteiger partial charge in [0.05, 0.1) is 0 Å². The van der Waals surface area contributed by atoms with Crippen LogP contribution in [0.4, 0.5) is 0 Å². The van der Waals surface area contributed by atoms with Gasteiger partial charge in [-0.25, -0.2) is 0 Å². The summed E-state index contributed by atoms with van der Waals surface area (Å²) in [7, 11) is 0. The summed E-state index contributed by atoms with van der Waals surface area (Å²) in [6.07, 6.45) is 3.20. The highest BCUT2D eigenvalue weighted by molar-refractivity contribution is 5.73. The van der Waals surface area contributed by atoms with Gasteiger partial charge in [0, 0.05) is 12.5 Å². The number of nitrogens with two attached hydrogens (primary N) is 2. The van der Waals surface area contributed by atoms with Crippen molar-refractivity contribution < 1.29 is 4.79 Å². The van der Waals surface area contributed by atoms with Gasteiger partial charge in [-0.15, -0.1) is 0 Å². The first-order valence-electron chi connectivity index (χ1n) is 5.76. The van der Waals surface area contributed by atoms with Gasteiger partial charge in [0.25, 0.3) is 0 Å². The maximum absolute atomic E-state index is 10.6. The molecule has 0 heterocycles. The zero-order valence-corrected chi connectivity index (χ0v) is 9.78. The van der Waals surface area contributed by atoms with Gasteiger partial charge in [-0.1, -0.05) is 37.6 Å². The molecule has 1 atom stereocenters. The molecule has 0 aromatic heterocycles. The number of amides is 1. The second kappa shape index (κ2) is 6.28. The van der Waals surface area contributed by atoms with Crippen molar-refractivity contribution in [2.45, 2.75) is 38.6 Å². The molecule has 1 unspecified atom stereocenters. The Bertz CT molecular complexity index is 332. The molecule has 1 rings (SSSR count). The lowest BCUT2D eigenvalue weighted by molar-refractivity contribution is -0.118. The van der Waals surface area contributed by atoms with Crippen LogP contribution < -0.4 is 11.5 Å². The quantitative estimate of drug-likeness (QED) is 0.768. The zero-order valence-electron chi connectivity index (χ0n) is 9.78. The molecular weight excluding hydrogens is 200 g/mol. The third kappa shape index (κ3) is 4.03. The van der Waals surface area contributed by atoms with E-state index < -0.39 is 0 Å². The van der Waals surface area contributed by atoms with E-state index in [9.17, 15) is 4.79 Å². The topological polar surface area (TPSA) is 69.1 Å². The Kier molecular flexibility index (Phi) is 4.99. The number of hydrogen-bond acceptors (Lipinski definition) is 2. The van der Waals surface area contributed by atoms with Crippen LogP contribution in [-0.4, -0.2) is 5.91 Å². The van der Waals surface area contributed by atoms with E-state index in [1.165, 1.54) is 5.56 Å². The molecule has 0 bridgehead atoms. The molecule has 0 radical (unpaired) electrons. The van der Waals surface area contributed by atoms with Crippen molar-refractivity contribution in [1.82, 2.24) is 0 Å². The lowest BCUT2D eigenvalue weighted by Crippen LogP contribution is -2.16. The summed E-state index contributed by atoms with van der Waals surface area (Å²) >= 11 is 0. The van der Waals surface area contributed by atoms with E-state index in [2.05, 4.69) is 19.1 Å². The van der Waals surface area contributed by atoms with Gasteiger partial charge in [0.2, 0.25) is 5.91 Å². The summed E-state index contributed by atoms with van der Waals surface area (Å²) < 4.78 is 0. The molecule has 0 spiro atoms. The van der Waals surface area contributed by atoms with Crippen LogP contribution in [0.2, 0.25) is 0 Å². The molecule has 0 fully saturated rings. The van der Waals surface area contributed by atoms with Crippen molar-refractivity contribution in [2.24, 2.45) is 11.5 Å². The molecule has 4 N–H and O–H groups in total. The molecule has 3 heteroatoms. The van der Waals surface area contributed by atoms with E-state index in [0.717, 1.165) is 18.4 Å². The third-order valence-corrected chi connectivity index (χ3v) is 2.65. The predicted molar refractivity (Wildman–Crippen MR) is 65.8 cm³/mol. The first-order valence-corrected chi connectivity index (χ1v) is 5.76. The Labute approximate surface area is 96.8 Å². The van der Waals surface area contributed by atoms with E-state index >= 15 is 0 Å². The molecule has 16 heavy (non-hydrogen) atoms. The molecule has 1 aromatic rings. The summed E-state index contributed by atoms with van der Waals surface area (Å²) in [5.41, 5.74) is 13.4. The summed E-state index contributed by atoms with van der Waals surface area (Å²) in [6.45, 7) is 2.16. The van der Waals surface area contributed by atoms with Crippen LogP contribution in [0, 0.1) is 0 Å². The van der Waals surface area contributed by atoms with Crippen LogP contribution in [-0.2, 0) is 11.2 Å². The molecule has 0 aliphatic rings. The van der Waals surface area contributed by atoms with E-state index in [1.807, 2.05) is 12.1 Å². The van der Waals surface area contributed by atoms with E-state index in [4.69, 9.17) is 11.5 Å². The predicted octanol–water partition coefficient (Wildman–Crippen LogP) is 1.90. The molecule has 0 aliphatic carbocycles. The summed E-state index contributed by atoms with van der Waals surface area (Å²) in [6, 6.07) is 8.18. The Morgan fingerprint density at radius 2 is 1.94 bits per heavy atom. The minimum absolute atomic E-state index is 0.0943. The molecule has 1 aromatic carbocycles. The molecule has 0 saturated heterocycles. The number of aryl methyl sites for hydroxylation is 1. The second-order valence-electron chi connectivity index (χ2n) is 4.10. The van der Waals surface area contributed by atoms with E-state index in [-0.39, 0.29) is 11.9 Å². The Balaban J connectivity index is 2.55. The average molecular weight is 220 g/mol. The Morgan fingerprint density at radius 3 is 2.44 bits per heavy atom. The van der Waals surface area contributed by atoms with Crippen molar-refractivity contribution in [3.63, 3.8) is 0 Å². The highest BCUT2D eigenvalue weighted by atomic mass is 16.1. The lowest BCUT2D eigenvalue weighted by Gasteiger charge is -2.11. The lowest BCUT2D eigenvalue weighted by atomic mass is 10.0. The third-order valence-electron chi connectivity index (χ3n) is 2.65. The van der Waals surface area contributed by atoms with Crippen molar-refractivity contribution >= 4 is 5.91 Å². The van der Waals surface area contributed by atoms with Gasteiger partial charge in [-0.3, -0.25) is 4.79 Å². The Hall–Kier alpha value is -1.35. The average Bonchev–Trinajstić information content (AvgIpc) is 2.27. The largest absolute Gasteiger partial charge is 0.370 e. The molecular formula is C13H20N2O.